The molecule has 2 aromatic heterocycles. The first-order valence-corrected chi connectivity index (χ1v) is 10.6. The van der Waals surface area contributed by atoms with E-state index in [-0.39, 0.29) is 5.91 Å². The molecule has 0 radical (unpaired) electrons. The molecule has 0 N–H and O–H groups in total. The molecule has 1 aromatic carbocycles. The average Bonchev–Trinajstić information content (AvgIpc) is 3.57. The summed E-state index contributed by atoms with van der Waals surface area (Å²) in [5, 5.41) is 5.38. The second-order valence-corrected chi connectivity index (χ2v) is 8.04. The number of aryl methyl sites for hydroxylation is 2. The van der Waals surface area contributed by atoms with Crippen molar-refractivity contribution in [3.05, 3.63) is 46.8 Å². The van der Waals surface area contributed by atoms with Crippen molar-refractivity contribution in [2.75, 3.05) is 19.8 Å². The van der Waals surface area contributed by atoms with Gasteiger partial charge in [0.2, 0.25) is 0 Å². The number of benzene rings is 1. The van der Waals surface area contributed by atoms with Crippen molar-refractivity contribution in [3.8, 4) is 11.5 Å². The SMILES string of the molecule is CCN(Cc1cccc2c1OCCO2)C(=O)c1cc(C2CC2)nc2c1c(C)nn2C. The zero-order valence-electron chi connectivity index (χ0n) is 17.6. The number of pyridine rings is 1. The first kappa shape index (κ1) is 18.9. The molecular weight excluding hydrogens is 380 g/mol. The summed E-state index contributed by atoms with van der Waals surface area (Å²) in [5.41, 5.74) is 4.26. The monoisotopic (exact) mass is 406 g/mol. The van der Waals surface area contributed by atoms with E-state index in [0.29, 0.717) is 37.8 Å². The number of nitrogens with zero attached hydrogens (tertiary/aromatic N) is 4. The Hall–Kier alpha value is -3.09. The van der Waals surface area contributed by atoms with Crippen molar-refractivity contribution in [2.24, 2.45) is 7.05 Å². The Bertz CT molecular complexity index is 1130. The molecule has 1 aliphatic heterocycles. The minimum Gasteiger partial charge on any atom is -0.486 e. The van der Waals surface area contributed by atoms with Gasteiger partial charge < -0.3 is 14.4 Å². The standard InChI is InChI=1S/C23H26N4O3/c1-4-27(13-16-6-5-7-19-21(16)30-11-10-29-19)23(28)17-12-18(15-8-9-15)24-22-20(17)14(2)25-26(22)3/h5-7,12,15H,4,8-11,13H2,1-3H3. The van der Waals surface area contributed by atoms with E-state index < -0.39 is 0 Å². The average molecular weight is 406 g/mol. The van der Waals surface area contributed by atoms with Crippen LogP contribution in [0.3, 0.4) is 0 Å². The van der Waals surface area contributed by atoms with Gasteiger partial charge in [-0.2, -0.15) is 5.10 Å². The van der Waals surface area contributed by atoms with Gasteiger partial charge in [-0.15, -0.1) is 0 Å². The van der Waals surface area contributed by atoms with Crippen LogP contribution in [-0.4, -0.2) is 45.3 Å². The van der Waals surface area contributed by atoms with Crippen molar-refractivity contribution in [1.29, 1.82) is 0 Å². The zero-order chi connectivity index (χ0) is 20.8. The summed E-state index contributed by atoms with van der Waals surface area (Å²) < 4.78 is 13.3. The Morgan fingerprint density at radius 1 is 1.27 bits per heavy atom. The smallest absolute Gasteiger partial charge is 0.255 e. The molecule has 1 saturated carbocycles. The van der Waals surface area contributed by atoms with Crippen LogP contribution in [0.25, 0.3) is 11.0 Å². The van der Waals surface area contributed by atoms with Gasteiger partial charge in [0.1, 0.15) is 13.2 Å². The fourth-order valence-corrected chi connectivity index (χ4v) is 4.18. The van der Waals surface area contributed by atoms with Crippen molar-refractivity contribution < 1.29 is 14.3 Å². The van der Waals surface area contributed by atoms with E-state index in [9.17, 15) is 4.79 Å². The van der Waals surface area contributed by atoms with Gasteiger partial charge in [-0.1, -0.05) is 12.1 Å². The van der Waals surface area contributed by atoms with Crippen LogP contribution in [0.5, 0.6) is 11.5 Å². The molecule has 0 saturated heterocycles. The van der Waals surface area contributed by atoms with E-state index in [1.807, 2.05) is 50.1 Å². The van der Waals surface area contributed by atoms with E-state index in [2.05, 4.69) is 5.10 Å². The molecule has 30 heavy (non-hydrogen) atoms. The third-order valence-corrected chi connectivity index (χ3v) is 5.89. The fourth-order valence-electron chi connectivity index (χ4n) is 4.18. The number of ether oxygens (including phenoxy) is 2. The Labute approximate surface area is 175 Å². The third kappa shape index (κ3) is 3.18. The van der Waals surface area contributed by atoms with Crippen LogP contribution in [0.15, 0.2) is 24.3 Å². The summed E-state index contributed by atoms with van der Waals surface area (Å²) in [5.74, 6) is 1.94. The Kier molecular flexibility index (Phi) is 4.60. The lowest BCUT2D eigenvalue weighted by Crippen LogP contribution is -2.31. The van der Waals surface area contributed by atoms with Gasteiger partial charge in [0.05, 0.1) is 16.6 Å². The van der Waals surface area contributed by atoms with Gasteiger partial charge >= 0.3 is 0 Å². The number of carbonyl (C=O) groups excluding carboxylic acids is 1. The topological polar surface area (TPSA) is 69.5 Å². The molecule has 0 atom stereocenters. The van der Waals surface area contributed by atoms with Crippen molar-refractivity contribution in [1.82, 2.24) is 19.7 Å². The number of hydrogen-bond acceptors (Lipinski definition) is 5. The van der Waals surface area contributed by atoms with Gasteiger partial charge in [-0.05, 0) is 38.8 Å². The molecular formula is C23H26N4O3. The van der Waals surface area contributed by atoms with E-state index in [0.717, 1.165) is 52.3 Å². The van der Waals surface area contributed by atoms with Crippen molar-refractivity contribution in [2.45, 2.75) is 39.2 Å². The number of fused-ring (bicyclic) bond motifs is 2. The van der Waals surface area contributed by atoms with Gasteiger partial charge in [0.15, 0.2) is 17.1 Å². The van der Waals surface area contributed by atoms with Gasteiger partial charge in [0.25, 0.3) is 5.91 Å². The predicted octanol–water partition coefficient (Wildman–Crippen LogP) is 3.59. The first-order chi connectivity index (χ1) is 14.6. The number of carbonyl (C=O) groups is 1. The molecule has 1 fully saturated rings. The summed E-state index contributed by atoms with van der Waals surface area (Å²) in [4.78, 5) is 20.4. The molecule has 3 aromatic rings. The summed E-state index contributed by atoms with van der Waals surface area (Å²) in [7, 11) is 1.89. The van der Waals surface area contributed by atoms with Crippen LogP contribution < -0.4 is 9.47 Å². The highest BCUT2D eigenvalue weighted by atomic mass is 16.6. The second kappa shape index (κ2) is 7.31. The molecule has 5 rings (SSSR count). The fraction of sp³-hybridized carbons (Fsp3) is 0.435. The van der Waals surface area contributed by atoms with Crippen LogP contribution in [0.2, 0.25) is 0 Å². The molecule has 7 nitrogen and oxygen atoms in total. The van der Waals surface area contributed by atoms with Gasteiger partial charge in [-0.3, -0.25) is 9.48 Å². The van der Waals surface area contributed by atoms with E-state index in [4.69, 9.17) is 14.5 Å². The van der Waals surface area contributed by atoms with Crippen molar-refractivity contribution in [3.63, 3.8) is 0 Å². The molecule has 0 spiro atoms. The van der Waals surface area contributed by atoms with Crippen LogP contribution in [0, 0.1) is 6.92 Å². The maximum absolute atomic E-state index is 13.7. The van der Waals surface area contributed by atoms with E-state index >= 15 is 0 Å². The Balaban J connectivity index is 1.54. The summed E-state index contributed by atoms with van der Waals surface area (Å²) in [6, 6.07) is 7.84. The van der Waals surface area contributed by atoms with Crippen molar-refractivity contribution >= 4 is 16.9 Å². The molecule has 2 aliphatic rings. The number of hydrogen-bond donors (Lipinski definition) is 0. The van der Waals surface area contributed by atoms with E-state index in [1.165, 1.54) is 0 Å². The Morgan fingerprint density at radius 3 is 2.83 bits per heavy atom. The lowest BCUT2D eigenvalue weighted by Gasteiger charge is -2.26. The largest absolute Gasteiger partial charge is 0.486 e. The Morgan fingerprint density at radius 2 is 2.07 bits per heavy atom. The highest BCUT2D eigenvalue weighted by Gasteiger charge is 2.30. The summed E-state index contributed by atoms with van der Waals surface area (Å²) in [6.45, 7) is 6.06. The number of para-hydroxylation sites is 1. The third-order valence-electron chi connectivity index (χ3n) is 5.89. The van der Waals surface area contributed by atoms with Crippen LogP contribution in [0.1, 0.15) is 53.0 Å². The highest BCUT2D eigenvalue weighted by molar-refractivity contribution is 6.06. The maximum atomic E-state index is 13.7. The van der Waals surface area contributed by atoms with Gasteiger partial charge in [-0.25, -0.2) is 4.98 Å². The summed E-state index contributed by atoms with van der Waals surface area (Å²) in [6.07, 6.45) is 2.27. The highest BCUT2D eigenvalue weighted by Crippen LogP contribution is 2.41. The van der Waals surface area contributed by atoms with Crippen LogP contribution in [0.4, 0.5) is 0 Å². The maximum Gasteiger partial charge on any atom is 0.255 e. The van der Waals surface area contributed by atoms with Crippen LogP contribution >= 0.6 is 0 Å². The molecule has 3 heterocycles. The van der Waals surface area contributed by atoms with Crippen LogP contribution in [-0.2, 0) is 13.6 Å². The molecule has 156 valence electrons. The second-order valence-electron chi connectivity index (χ2n) is 8.04. The molecule has 0 bridgehead atoms. The number of rotatable bonds is 5. The lowest BCUT2D eigenvalue weighted by molar-refractivity contribution is 0.0751. The van der Waals surface area contributed by atoms with E-state index in [1.54, 1.807) is 4.68 Å². The lowest BCUT2D eigenvalue weighted by atomic mass is 10.1. The number of amides is 1. The molecule has 0 unspecified atom stereocenters. The minimum absolute atomic E-state index is 0.00256. The number of aromatic nitrogens is 3. The molecule has 7 heteroatoms. The summed E-state index contributed by atoms with van der Waals surface area (Å²) >= 11 is 0. The minimum atomic E-state index is -0.00256. The van der Waals surface area contributed by atoms with Gasteiger partial charge in [0, 0.05) is 37.3 Å². The molecule has 1 amide bonds. The predicted molar refractivity (Wildman–Crippen MR) is 113 cm³/mol. The normalized spacial score (nSPS) is 15.4. The quantitative estimate of drug-likeness (QED) is 0.648. The zero-order valence-corrected chi connectivity index (χ0v) is 17.6. The first-order valence-electron chi connectivity index (χ1n) is 10.6. The molecule has 1 aliphatic carbocycles.